The molecule has 4 N–H and O–H groups in total. The van der Waals surface area contributed by atoms with Gasteiger partial charge in [0.15, 0.2) is 5.82 Å². The monoisotopic (exact) mass is 485 g/mol. The molecule has 4 rings (SSSR count). The van der Waals surface area contributed by atoms with Gasteiger partial charge in [-0.2, -0.15) is 10.4 Å². The minimum Gasteiger partial charge on any atom is -0.465 e. The number of amides is 2. The summed E-state index contributed by atoms with van der Waals surface area (Å²) in [5.41, 5.74) is 6.20. The molecule has 1 aromatic carbocycles. The van der Waals surface area contributed by atoms with E-state index in [-0.39, 0.29) is 24.0 Å². The summed E-state index contributed by atoms with van der Waals surface area (Å²) < 4.78 is 20.2. The highest BCUT2D eigenvalue weighted by Crippen LogP contribution is 2.37. The van der Waals surface area contributed by atoms with Crippen molar-refractivity contribution in [2.45, 2.75) is 31.5 Å². The van der Waals surface area contributed by atoms with Crippen molar-refractivity contribution in [3.63, 3.8) is 0 Å². The van der Waals surface area contributed by atoms with Gasteiger partial charge in [-0.25, -0.2) is 9.18 Å². The largest absolute Gasteiger partial charge is 0.465 e. The van der Waals surface area contributed by atoms with E-state index in [4.69, 9.17) is 10.5 Å². The van der Waals surface area contributed by atoms with Gasteiger partial charge in [0.2, 0.25) is 0 Å². The molecule has 186 valence electrons. The van der Waals surface area contributed by atoms with Gasteiger partial charge in [-0.15, -0.1) is 0 Å². The highest BCUT2D eigenvalue weighted by molar-refractivity contribution is 5.98. The molecule has 0 radical (unpaired) electrons. The van der Waals surface area contributed by atoms with Crippen LogP contribution in [0, 0.1) is 23.1 Å². The lowest BCUT2D eigenvalue weighted by Crippen LogP contribution is -2.61. The Hall–Kier alpha value is -3.69. The number of ether oxygens (including phenoxy) is 1. The molecule has 11 nitrogen and oxygen atoms in total. The number of morpholine rings is 1. The Kier molecular flexibility index (Phi) is 7.18. The minimum absolute atomic E-state index is 0.115. The van der Waals surface area contributed by atoms with Crippen molar-refractivity contribution >= 4 is 23.5 Å². The molecule has 2 fully saturated rings. The number of nitriles is 1. The SMILES string of the molecule is CC(C1C(C#N)C(n2cc(C(N)=O)c(Nc3ccc(F)cc3)n2)CCN1C(=O)O)N1CCOCC1. The van der Waals surface area contributed by atoms with Crippen LogP contribution in [0.3, 0.4) is 0 Å². The lowest BCUT2D eigenvalue weighted by molar-refractivity contribution is -0.0245. The van der Waals surface area contributed by atoms with E-state index in [2.05, 4.69) is 21.4 Å². The molecule has 2 saturated heterocycles. The predicted molar refractivity (Wildman–Crippen MR) is 124 cm³/mol. The zero-order valence-corrected chi connectivity index (χ0v) is 19.3. The van der Waals surface area contributed by atoms with Gasteiger partial charge < -0.3 is 25.8 Å². The molecule has 12 heteroatoms. The number of piperidine rings is 1. The zero-order chi connectivity index (χ0) is 25.1. The molecule has 2 aromatic rings. The number of aromatic nitrogens is 2. The molecule has 2 aliphatic rings. The molecular formula is C23H28FN7O4. The van der Waals surface area contributed by atoms with E-state index in [1.807, 2.05) is 6.92 Å². The summed E-state index contributed by atoms with van der Waals surface area (Å²) in [6.45, 7) is 4.53. The number of halogens is 1. The van der Waals surface area contributed by atoms with Gasteiger partial charge in [0, 0.05) is 37.6 Å². The number of nitrogens with one attached hydrogen (secondary N) is 1. The van der Waals surface area contributed by atoms with Crippen LogP contribution in [0.5, 0.6) is 0 Å². The first-order valence-corrected chi connectivity index (χ1v) is 11.4. The smallest absolute Gasteiger partial charge is 0.407 e. The van der Waals surface area contributed by atoms with Gasteiger partial charge in [-0.1, -0.05) is 0 Å². The summed E-state index contributed by atoms with van der Waals surface area (Å²) >= 11 is 0. The van der Waals surface area contributed by atoms with Gasteiger partial charge in [-0.05, 0) is 37.6 Å². The molecule has 0 spiro atoms. The number of hydrogen-bond acceptors (Lipinski definition) is 7. The van der Waals surface area contributed by atoms with Crippen LogP contribution in [0.4, 0.5) is 20.7 Å². The molecular weight excluding hydrogens is 457 g/mol. The number of benzene rings is 1. The average Bonchev–Trinajstić information content (AvgIpc) is 3.28. The fraction of sp³-hybridized carbons (Fsp3) is 0.478. The van der Waals surface area contributed by atoms with Crippen molar-refractivity contribution < 1.29 is 23.8 Å². The summed E-state index contributed by atoms with van der Waals surface area (Å²) in [6.07, 6.45) is 0.744. The van der Waals surface area contributed by atoms with E-state index in [9.17, 15) is 24.3 Å². The minimum atomic E-state index is -1.08. The maximum absolute atomic E-state index is 13.3. The normalized spacial score (nSPS) is 23.9. The number of rotatable bonds is 6. The summed E-state index contributed by atoms with van der Waals surface area (Å²) in [5.74, 6) is -1.66. The van der Waals surface area contributed by atoms with Crippen LogP contribution in [-0.2, 0) is 4.74 Å². The van der Waals surface area contributed by atoms with Crippen molar-refractivity contribution in [3.8, 4) is 6.07 Å². The molecule has 3 heterocycles. The third-order valence-corrected chi connectivity index (χ3v) is 6.76. The number of hydrogen-bond donors (Lipinski definition) is 3. The quantitative estimate of drug-likeness (QED) is 0.562. The van der Waals surface area contributed by atoms with Crippen LogP contribution >= 0.6 is 0 Å². The molecule has 35 heavy (non-hydrogen) atoms. The second-order valence-electron chi connectivity index (χ2n) is 8.73. The molecule has 0 aliphatic carbocycles. The van der Waals surface area contributed by atoms with Crippen LogP contribution < -0.4 is 11.1 Å². The predicted octanol–water partition coefficient (Wildman–Crippen LogP) is 2.02. The molecule has 1 aromatic heterocycles. The summed E-state index contributed by atoms with van der Waals surface area (Å²) in [5, 5.41) is 27.6. The summed E-state index contributed by atoms with van der Waals surface area (Å²) in [4.78, 5) is 27.7. The number of likely N-dealkylation sites (tertiary alicyclic amines) is 1. The van der Waals surface area contributed by atoms with Gasteiger partial charge in [-0.3, -0.25) is 14.4 Å². The van der Waals surface area contributed by atoms with Crippen molar-refractivity contribution in [3.05, 3.63) is 41.8 Å². The molecule has 4 atom stereocenters. The summed E-state index contributed by atoms with van der Waals surface area (Å²) in [7, 11) is 0. The van der Waals surface area contributed by atoms with Crippen molar-refractivity contribution in [2.24, 2.45) is 11.7 Å². The Labute approximate surface area is 201 Å². The molecule has 2 aliphatic heterocycles. The fourth-order valence-corrected chi connectivity index (χ4v) is 4.97. The molecule has 0 bridgehead atoms. The maximum atomic E-state index is 13.3. The van der Waals surface area contributed by atoms with E-state index in [1.165, 1.54) is 40.0 Å². The van der Waals surface area contributed by atoms with Crippen molar-refractivity contribution in [1.82, 2.24) is 19.6 Å². The Morgan fingerprint density at radius 2 is 1.97 bits per heavy atom. The van der Waals surface area contributed by atoms with Gasteiger partial charge in [0.05, 0.1) is 37.3 Å². The number of nitrogens with zero attached hydrogens (tertiary/aromatic N) is 5. The Morgan fingerprint density at radius 3 is 2.57 bits per heavy atom. The van der Waals surface area contributed by atoms with Crippen molar-refractivity contribution in [1.29, 1.82) is 5.26 Å². The fourth-order valence-electron chi connectivity index (χ4n) is 4.97. The molecule has 0 saturated carbocycles. The van der Waals surface area contributed by atoms with E-state index in [0.29, 0.717) is 38.4 Å². The van der Waals surface area contributed by atoms with E-state index in [0.717, 1.165) is 0 Å². The Balaban J connectivity index is 1.66. The van der Waals surface area contributed by atoms with Gasteiger partial charge >= 0.3 is 6.09 Å². The number of carbonyl (C=O) groups is 2. The second-order valence-corrected chi connectivity index (χ2v) is 8.73. The first-order chi connectivity index (χ1) is 16.8. The number of primary amides is 1. The number of nitrogens with two attached hydrogens (primary N) is 1. The Morgan fingerprint density at radius 1 is 1.29 bits per heavy atom. The standard InChI is InChI=1S/C23H28FN7O4/c1-14(29-8-10-35-11-9-29)20-17(12-25)19(6-7-30(20)23(33)34)31-13-18(21(26)32)22(28-31)27-16-4-2-15(24)3-5-16/h2-5,13-14,17,19-20H,6-11H2,1H3,(H2,26,32)(H,27,28)(H,33,34). The van der Waals surface area contributed by atoms with Gasteiger partial charge in [0.1, 0.15) is 11.4 Å². The highest BCUT2D eigenvalue weighted by Gasteiger charge is 2.46. The Bertz CT molecular complexity index is 1110. The topological polar surface area (TPSA) is 150 Å². The second kappa shape index (κ2) is 10.3. The third-order valence-electron chi connectivity index (χ3n) is 6.76. The lowest BCUT2D eigenvalue weighted by Gasteiger charge is -2.47. The number of anilines is 2. The third kappa shape index (κ3) is 5.06. The molecule has 4 unspecified atom stereocenters. The lowest BCUT2D eigenvalue weighted by atomic mass is 9.81. The highest BCUT2D eigenvalue weighted by atomic mass is 19.1. The van der Waals surface area contributed by atoms with Crippen LogP contribution in [-0.4, -0.2) is 81.6 Å². The van der Waals surface area contributed by atoms with Crippen LogP contribution in [0.25, 0.3) is 0 Å². The average molecular weight is 486 g/mol. The number of carbonyl (C=O) groups excluding carboxylic acids is 1. The first kappa shape index (κ1) is 24.4. The number of carboxylic acid groups (broad SMARTS) is 1. The van der Waals surface area contributed by atoms with E-state index >= 15 is 0 Å². The van der Waals surface area contributed by atoms with Crippen LogP contribution in [0.1, 0.15) is 29.7 Å². The van der Waals surface area contributed by atoms with E-state index < -0.39 is 35.8 Å². The van der Waals surface area contributed by atoms with Crippen LogP contribution in [0.15, 0.2) is 30.5 Å². The van der Waals surface area contributed by atoms with Crippen LogP contribution in [0.2, 0.25) is 0 Å². The molecule has 2 amide bonds. The first-order valence-electron chi connectivity index (χ1n) is 11.4. The van der Waals surface area contributed by atoms with Gasteiger partial charge in [0.25, 0.3) is 5.91 Å². The summed E-state index contributed by atoms with van der Waals surface area (Å²) in [6, 6.07) is 6.55. The van der Waals surface area contributed by atoms with Crippen molar-refractivity contribution in [2.75, 3.05) is 38.2 Å². The zero-order valence-electron chi connectivity index (χ0n) is 19.3. The maximum Gasteiger partial charge on any atom is 0.407 e. The van der Waals surface area contributed by atoms with E-state index in [1.54, 1.807) is 0 Å².